The van der Waals surface area contributed by atoms with E-state index in [1.807, 2.05) is 109 Å². The Morgan fingerprint density at radius 1 is 0.676 bits per heavy atom. The summed E-state index contributed by atoms with van der Waals surface area (Å²) in [7, 11) is 0. The molecule has 0 radical (unpaired) electrons. The van der Waals surface area contributed by atoms with E-state index in [9.17, 15) is 4.79 Å². The second-order valence-electron chi connectivity index (χ2n) is 7.96. The molecule has 0 spiro atoms. The van der Waals surface area contributed by atoms with Gasteiger partial charge in [0.25, 0.3) is 5.91 Å². The zero-order valence-corrected chi connectivity index (χ0v) is 18.1. The summed E-state index contributed by atoms with van der Waals surface area (Å²) in [4.78, 5) is 22.6. The molecule has 0 aliphatic rings. The maximum absolute atomic E-state index is 13.3. The van der Waals surface area contributed by atoms with Gasteiger partial charge in [0.1, 0.15) is 5.52 Å². The monoisotopic (exact) mass is 441 g/mol. The second kappa shape index (κ2) is 8.30. The predicted molar refractivity (Wildman–Crippen MR) is 135 cm³/mol. The van der Waals surface area contributed by atoms with Crippen LogP contribution in [0.1, 0.15) is 10.4 Å². The van der Waals surface area contributed by atoms with Crippen LogP contribution in [0.4, 0.5) is 5.69 Å². The molecule has 6 aromatic rings. The SMILES string of the molecule is O=C(Nc1ccc(-c2nc3ccccc3o2)cc1)c1cc(-c2ccccc2)nc2ccccc12. The van der Waals surface area contributed by atoms with E-state index >= 15 is 0 Å². The molecule has 0 saturated heterocycles. The normalized spacial score (nSPS) is 11.1. The van der Waals surface area contributed by atoms with Gasteiger partial charge in [0, 0.05) is 22.2 Å². The lowest BCUT2D eigenvalue weighted by Gasteiger charge is -2.11. The first-order valence-electron chi connectivity index (χ1n) is 11.0. The fourth-order valence-corrected chi connectivity index (χ4v) is 4.01. The van der Waals surface area contributed by atoms with Crippen molar-refractivity contribution in [3.63, 3.8) is 0 Å². The topological polar surface area (TPSA) is 68.0 Å². The summed E-state index contributed by atoms with van der Waals surface area (Å²) in [6.45, 7) is 0. The summed E-state index contributed by atoms with van der Waals surface area (Å²) in [5.41, 5.74) is 6.16. The Morgan fingerprint density at radius 3 is 2.18 bits per heavy atom. The molecule has 2 heterocycles. The van der Waals surface area contributed by atoms with Gasteiger partial charge >= 0.3 is 0 Å². The number of rotatable bonds is 4. The van der Waals surface area contributed by atoms with E-state index in [1.165, 1.54) is 0 Å². The third-order valence-corrected chi connectivity index (χ3v) is 5.71. The first kappa shape index (κ1) is 19.9. The van der Waals surface area contributed by atoms with Gasteiger partial charge in [-0.1, -0.05) is 60.7 Å². The quantitative estimate of drug-likeness (QED) is 0.321. The van der Waals surface area contributed by atoms with Crippen molar-refractivity contribution in [2.45, 2.75) is 0 Å². The minimum Gasteiger partial charge on any atom is -0.436 e. The maximum Gasteiger partial charge on any atom is 0.256 e. The van der Waals surface area contributed by atoms with Crippen LogP contribution in [0.5, 0.6) is 0 Å². The van der Waals surface area contributed by atoms with Gasteiger partial charge in [0.2, 0.25) is 5.89 Å². The van der Waals surface area contributed by atoms with Crippen LogP contribution < -0.4 is 5.32 Å². The van der Waals surface area contributed by atoms with Gasteiger partial charge in [-0.3, -0.25) is 4.79 Å². The van der Waals surface area contributed by atoms with Gasteiger partial charge < -0.3 is 9.73 Å². The first-order chi connectivity index (χ1) is 16.7. The summed E-state index contributed by atoms with van der Waals surface area (Å²) in [6, 6.07) is 34.5. The number of hydrogen-bond donors (Lipinski definition) is 1. The summed E-state index contributed by atoms with van der Waals surface area (Å²) < 4.78 is 5.84. The largest absolute Gasteiger partial charge is 0.436 e. The number of fused-ring (bicyclic) bond motifs is 2. The number of pyridine rings is 1. The fraction of sp³-hybridized carbons (Fsp3) is 0. The smallest absolute Gasteiger partial charge is 0.256 e. The van der Waals surface area contributed by atoms with Gasteiger partial charge in [-0.2, -0.15) is 0 Å². The molecule has 1 N–H and O–H groups in total. The van der Waals surface area contributed by atoms with E-state index < -0.39 is 0 Å². The van der Waals surface area contributed by atoms with E-state index in [0.717, 1.165) is 38.8 Å². The van der Waals surface area contributed by atoms with Crippen LogP contribution in [0.15, 0.2) is 114 Å². The van der Waals surface area contributed by atoms with E-state index in [4.69, 9.17) is 9.40 Å². The van der Waals surface area contributed by atoms with Crippen LogP contribution in [0.25, 0.3) is 44.7 Å². The molecular weight excluding hydrogens is 422 g/mol. The average Bonchev–Trinajstić information content (AvgIpc) is 3.33. The highest BCUT2D eigenvalue weighted by Crippen LogP contribution is 2.27. The summed E-state index contributed by atoms with van der Waals surface area (Å²) in [5.74, 6) is 0.358. The van der Waals surface area contributed by atoms with Gasteiger partial charge in [-0.25, -0.2) is 9.97 Å². The van der Waals surface area contributed by atoms with Crippen molar-refractivity contribution in [3.05, 3.63) is 115 Å². The molecule has 5 nitrogen and oxygen atoms in total. The van der Waals surface area contributed by atoms with Gasteiger partial charge in [0.05, 0.1) is 16.8 Å². The Morgan fingerprint density at radius 2 is 1.38 bits per heavy atom. The molecule has 34 heavy (non-hydrogen) atoms. The van der Waals surface area contributed by atoms with Crippen LogP contribution in [-0.2, 0) is 0 Å². The first-order valence-corrected chi connectivity index (χ1v) is 11.0. The molecule has 1 amide bonds. The molecule has 0 aliphatic heterocycles. The third-order valence-electron chi connectivity index (χ3n) is 5.71. The molecule has 0 bridgehead atoms. The highest BCUT2D eigenvalue weighted by atomic mass is 16.3. The summed E-state index contributed by atoms with van der Waals surface area (Å²) >= 11 is 0. The number of hydrogen-bond acceptors (Lipinski definition) is 4. The lowest BCUT2D eigenvalue weighted by atomic mass is 10.0. The second-order valence-corrected chi connectivity index (χ2v) is 7.96. The molecule has 2 aromatic heterocycles. The molecule has 0 saturated carbocycles. The maximum atomic E-state index is 13.3. The van der Waals surface area contributed by atoms with Gasteiger partial charge in [-0.15, -0.1) is 0 Å². The lowest BCUT2D eigenvalue weighted by molar-refractivity contribution is 0.102. The zero-order chi connectivity index (χ0) is 22.9. The number of benzene rings is 4. The molecule has 162 valence electrons. The standard InChI is InChI=1S/C29H19N3O2/c33-28(23-18-26(19-8-2-1-3-9-19)31-24-11-5-4-10-22(23)24)30-21-16-14-20(15-17-21)29-32-25-12-6-7-13-27(25)34-29/h1-18H,(H,30,33). The minimum absolute atomic E-state index is 0.189. The highest BCUT2D eigenvalue weighted by Gasteiger charge is 2.15. The van der Waals surface area contributed by atoms with E-state index in [2.05, 4.69) is 10.3 Å². The Balaban J connectivity index is 1.31. The Hall–Kier alpha value is -4.77. The van der Waals surface area contributed by atoms with Crippen molar-refractivity contribution >= 4 is 33.6 Å². The Labute approximate surface area is 195 Å². The molecule has 0 aliphatic carbocycles. The van der Waals surface area contributed by atoms with Gasteiger partial charge in [-0.05, 0) is 48.5 Å². The van der Waals surface area contributed by atoms with Crippen LogP contribution in [0, 0.1) is 0 Å². The number of nitrogens with one attached hydrogen (secondary N) is 1. The van der Waals surface area contributed by atoms with Crippen molar-refractivity contribution in [2.24, 2.45) is 0 Å². The number of amides is 1. The fourth-order valence-electron chi connectivity index (χ4n) is 4.01. The van der Waals surface area contributed by atoms with E-state index in [0.29, 0.717) is 17.1 Å². The number of anilines is 1. The highest BCUT2D eigenvalue weighted by molar-refractivity contribution is 6.13. The number of carbonyl (C=O) groups excluding carboxylic acids is 1. The molecule has 0 unspecified atom stereocenters. The average molecular weight is 441 g/mol. The number of nitrogens with zero attached hydrogens (tertiary/aromatic N) is 2. The molecule has 6 rings (SSSR count). The summed E-state index contributed by atoms with van der Waals surface area (Å²) in [5, 5.41) is 3.82. The molecule has 4 aromatic carbocycles. The van der Waals surface area contributed by atoms with Crippen LogP contribution in [0.3, 0.4) is 0 Å². The molecule has 0 atom stereocenters. The van der Waals surface area contributed by atoms with Crippen molar-refractivity contribution < 1.29 is 9.21 Å². The number of oxazole rings is 1. The Kier molecular flexibility index (Phi) is 4.85. The zero-order valence-electron chi connectivity index (χ0n) is 18.1. The van der Waals surface area contributed by atoms with Crippen LogP contribution in [-0.4, -0.2) is 15.9 Å². The lowest BCUT2D eigenvalue weighted by Crippen LogP contribution is -2.13. The molecule has 0 fully saturated rings. The number of para-hydroxylation sites is 3. The predicted octanol–water partition coefficient (Wildman–Crippen LogP) is 6.96. The van der Waals surface area contributed by atoms with Crippen LogP contribution in [0.2, 0.25) is 0 Å². The van der Waals surface area contributed by atoms with Gasteiger partial charge in [0.15, 0.2) is 5.58 Å². The van der Waals surface area contributed by atoms with Crippen molar-refractivity contribution in [1.82, 2.24) is 9.97 Å². The minimum atomic E-state index is -0.189. The summed E-state index contributed by atoms with van der Waals surface area (Å²) in [6.07, 6.45) is 0. The van der Waals surface area contributed by atoms with Crippen LogP contribution >= 0.6 is 0 Å². The molecular formula is C29H19N3O2. The number of carbonyl (C=O) groups is 1. The van der Waals surface area contributed by atoms with Crippen molar-refractivity contribution in [3.8, 4) is 22.7 Å². The van der Waals surface area contributed by atoms with Crippen molar-refractivity contribution in [1.29, 1.82) is 0 Å². The van der Waals surface area contributed by atoms with Crippen molar-refractivity contribution in [2.75, 3.05) is 5.32 Å². The number of aromatic nitrogens is 2. The molecule has 5 heteroatoms. The Bertz CT molecular complexity index is 1600. The third kappa shape index (κ3) is 3.69. The van der Waals surface area contributed by atoms with E-state index in [-0.39, 0.29) is 5.91 Å². The van der Waals surface area contributed by atoms with E-state index in [1.54, 1.807) is 0 Å².